The van der Waals surface area contributed by atoms with E-state index in [1.54, 1.807) is 7.11 Å². The lowest BCUT2D eigenvalue weighted by Crippen LogP contribution is -2.24. The van der Waals surface area contributed by atoms with Gasteiger partial charge >= 0.3 is 0 Å². The molecule has 0 atom stereocenters. The van der Waals surface area contributed by atoms with Crippen LogP contribution in [0, 0.1) is 0 Å². The Kier molecular flexibility index (Phi) is 4.67. The second-order valence-corrected chi connectivity index (χ2v) is 4.76. The highest BCUT2D eigenvalue weighted by molar-refractivity contribution is 7.89. The van der Waals surface area contributed by atoms with Crippen LogP contribution in [0.2, 0.25) is 0 Å². The molecule has 8 heteroatoms. The highest BCUT2D eigenvalue weighted by Crippen LogP contribution is 2.11. The molecule has 0 spiro atoms. The number of rotatable bonds is 6. The summed E-state index contributed by atoms with van der Waals surface area (Å²) >= 11 is 0. The van der Waals surface area contributed by atoms with Crippen molar-refractivity contribution in [2.24, 2.45) is 5.14 Å². The van der Waals surface area contributed by atoms with Gasteiger partial charge in [0.05, 0.1) is 0 Å². The van der Waals surface area contributed by atoms with Gasteiger partial charge in [-0.2, -0.15) is 0 Å². The van der Waals surface area contributed by atoms with Crippen LogP contribution in [0.4, 0.5) is 0 Å². The molecule has 0 saturated carbocycles. The van der Waals surface area contributed by atoms with Crippen molar-refractivity contribution < 1.29 is 22.4 Å². The Morgan fingerprint density at radius 3 is 2.76 bits per heavy atom. The summed E-state index contributed by atoms with van der Waals surface area (Å²) in [6.07, 6.45) is 0.658. The minimum Gasteiger partial charge on any atom is -0.438 e. The molecule has 17 heavy (non-hydrogen) atoms. The molecule has 0 aliphatic rings. The van der Waals surface area contributed by atoms with Crippen molar-refractivity contribution in [1.29, 1.82) is 0 Å². The second kappa shape index (κ2) is 5.80. The molecule has 3 N–H and O–H groups in total. The molecule has 0 radical (unpaired) electrons. The van der Waals surface area contributed by atoms with E-state index in [1.807, 2.05) is 0 Å². The summed E-state index contributed by atoms with van der Waals surface area (Å²) in [7, 11) is -2.35. The van der Waals surface area contributed by atoms with Crippen LogP contribution in [0.1, 0.15) is 17.0 Å². The molecule has 1 amide bonds. The van der Waals surface area contributed by atoms with Gasteiger partial charge in [0.1, 0.15) is 0 Å². The van der Waals surface area contributed by atoms with Crippen molar-refractivity contribution in [3.8, 4) is 0 Å². The van der Waals surface area contributed by atoms with Gasteiger partial charge in [-0.25, -0.2) is 13.6 Å². The van der Waals surface area contributed by atoms with Crippen LogP contribution in [-0.4, -0.2) is 34.6 Å². The number of carbonyl (C=O) groups excluding carboxylic acids is 1. The Morgan fingerprint density at radius 1 is 1.53 bits per heavy atom. The zero-order valence-corrected chi connectivity index (χ0v) is 10.1. The topological polar surface area (TPSA) is 112 Å². The van der Waals surface area contributed by atoms with Gasteiger partial charge in [0, 0.05) is 20.3 Å². The van der Waals surface area contributed by atoms with Gasteiger partial charge in [-0.15, -0.1) is 0 Å². The van der Waals surface area contributed by atoms with Crippen molar-refractivity contribution >= 4 is 15.9 Å². The molecule has 0 aliphatic carbocycles. The molecular weight excluding hydrogens is 248 g/mol. The SMILES string of the molecule is COCCCNC(=O)c1ccc(S(N)(=O)=O)o1. The monoisotopic (exact) mass is 262 g/mol. The number of ether oxygens (including phenoxy) is 1. The summed E-state index contributed by atoms with van der Waals surface area (Å²) < 4.78 is 31.4. The first-order valence-electron chi connectivity index (χ1n) is 4.85. The van der Waals surface area contributed by atoms with Crippen molar-refractivity contribution in [2.75, 3.05) is 20.3 Å². The molecule has 1 aromatic heterocycles. The fourth-order valence-corrected chi connectivity index (χ4v) is 1.56. The maximum Gasteiger partial charge on any atom is 0.287 e. The quantitative estimate of drug-likeness (QED) is 0.683. The third-order valence-electron chi connectivity index (χ3n) is 1.90. The number of hydrogen-bond donors (Lipinski definition) is 2. The number of methoxy groups -OCH3 is 1. The van der Waals surface area contributed by atoms with E-state index in [0.29, 0.717) is 19.6 Å². The molecule has 0 unspecified atom stereocenters. The summed E-state index contributed by atoms with van der Waals surface area (Å²) in [6.45, 7) is 0.943. The summed E-state index contributed by atoms with van der Waals surface area (Å²) in [5, 5.41) is 6.96. The van der Waals surface area contributed by atoms with Crippen LogP contribution in [0.5, 0.6) is 0 Å². The number of sulfonamides is 1. The summed E-state index contributed by atoms with van der Waals surface area (Å²) in [4.78, 5) is 11.5. The Labute approximate surface area is 99.0 Å². The lowest BCUT2D eigenvalue weighted by Gasteiger charge is -2.01. The Bertz CT molecular complexity index is 479. The number of carbonyl (C=O) groups is 1. The number of hydrogen-bond acceptors (Lipinski definition) is 5. The van der Waals surface area contributed by atoms with E-state index in [1.165, 1.54) is 6.07 Å². The average Bonchev–Trinajstić information content (AvgIpc) is 2.72. The van der Waals surface area contributed by atoms with E-state index in [-0.39, 0.29) is 5.76 Å². The first-order valence-corrected chi connectivity index (χ1v) is 6.39. The highest BCUT2D eigenvalue weighted by Gasteiger charge is 2.16. The van der Waals surface area contributed by atoms with Crippen molar-refractivity contribution in [1.82, 2.24) is 5.32 Å². The molecule has 1 rings (SSSR count). The average molecular weight is 262 g/mol. The number of furan rings is 1. The Morgan fingerprint density at radius 2 is 2.24 bits per heavy atom. The Hall–Kier alpha value is -1.38. The van der Waals surface area contributed by atoms with Gasteiger partial charge < -0.3 is 14.5 Å². The number of nitrogens with one attached hydrogen (secondary N) is 1. The fraction of sp³-hybridized carbons (Fsp3) is 0.444. The fourth-order valence-electron chi connectivity index (χ4n) is 1.10. The van der Waals surface area contributed by atoms with Gasteiger partial charge in [-0.05, 0) is 18.6 Å². The van der Waals surface area contributed by atoms with Crippen LogP contribution in [0.15, 0.2) is 21.6 Å². The maximum absolute atomic E-state index is 11.5. The molecule has 0 fully saturated rings. The van der Waals surface area contributed by atoms with Gasteiger partial charge in [-0.3, -0.25) is 4.79 Å². The third kappa shape index (κ3) is 4.17. The molecule has 0 aliphatic heterocycles. The number of amides is 1. The molecule has 0 bridgehead atoms. The predicted molar refractivity (Wildman–Crippen MR) is 58.9 cm³/mol. The van der Waals surface area contributed by atoms with Crippen LogP contribution in [-0.2, 0) is 14.8 Å². The van der Waals surface area contributed by atoms with Gasteiger partial charge in [0.2, 0.25) is 5.09 Å². The summed E-state index contributed by atoms with van der Waals surface area (Å²) in [5.41, 5.74) is 0. The standard InChI is InChI=1S/C9H14N2O5S/c1-15-6-2-5-11-9(12)7-3-4-8(16-7)17(10,13)14/h3-4H,2,5-6H2,1H3,(H,11,12)(H2,10,13,14). The van der Waals surface area contributed by atoms with E-state index < -0.39 is 21.0 Å². The van der Waals surface area contributed by atoms with Crippen molar-refractivity contribution in [3.63, 3.8) is 0 Å². The lowest BCUT2D eigenvalue weighted by molar-refractivity contribution is 0.0915. The summed E-state index contributed by atoms with van der Waals surface area (Å²) in [6, 6.07) is 2.39. The van der Waals surface area contributed by atoms with Gasteiger partial charge in [-0.1, -0.05) is 0 Å². The van der Waals surface area contributed by atoms with E-state index >= 15 is 0 Å². The second-order valence-electron chi connectivity index (χ2n) is 3.27. The third-order valence-corrected chi connectivity index (χ3v) is 2.68. The smallest absolute Gasteiger partial charge is 0.287 e. The minimum absolute atomic E-state index is 0.0913. The zero-order chi connectivity index (χ0) is 12.9. The van der Waals surface area contributed by atoms with Crippen molar-refractivity contribution in [3.05, 3.63) is 17.9 Å². The lowest BCUT2D eigenvalue weighted by atomic mass is 10.4. The Balaban J connectivity index is 2.56. The van der Waals surface area contributed by atoms with E-state index in [2.05, 4.69) is 5.32 Å². The summed E-state index contributed by atoms with van der Waals surface area (Å²) in [5.74, 6) is -0.581. The van der Waals surface area contributed by atoms with Crippen LogP contribution in [0.3, 0.4) is 0 Å². The zero-order valence-electron chi connectivity index (χ0n) is 9.30. The van der Waals surface area contributed by atoms with E-state index in [4.69, 9.17) is 14.3 Å². The molecule has 7 nitrogen and oxygen atoms in total. The number of nitrogens with two attached hydrogens (primary N) is 1. The molecule has 0 saturated heterocycles. The van der Waals surface area contributed by atoms with Crippen LogP contribution >= 0.6 is 0 Å². The van der Waals surface area contributed by atoms with E-state index in [0.717, 1.165) is 6.07 Å². The van der Waals surface area contributed by atoms with Crippen LogP contribution in [0.25, 0.3) is 0 Å². The minimum atomic E-state index is -3.91. The number of primary sulfonamides is 1. The molecule has 1 heterocycles. The maximum atomic E-state index is 11.5. The molecule has 0 aromatic carbocycles. The molecule has 96 valence electrons. The largest absolute Gasteiger partial charge is 0.438 e. The van der Waals surface area contributed by atoms with Gasteiger partial charge in [0.25, 0.3) is 15.9 Å². The van der Waals surface area contributed by atoms with Gasteiger partial charge in [0.15, 0.2) is 5.76 Å². The predicted octanol–water partition coefficient (Wildman–Crippen LogP) is -0.307. The van der Waals surface area contributed by atoms with Crippen molar-refractivity contribution in [2.45, 2.75) is 11.5 Å². The van der Waals surface area contributed by atoms with Crippen LogP contribution < -0.4 is 10.5 Å². The normalized spacial score (nSPS) is 11.4. The van der Waals surface area contributed by atoms with E-state index in [9.17, 15) is 13.2 Å². The molecule has 1 aromatic rings. The highest BCUT2D eigenvalue weighted by atomic mass is 32.2. The first-order chi connectivity index (χ1) is 7.95. The first kappa shape index (κ1) is 13.7. The molecular formula is C9H14N2O5S.